The van der Waals surface area contributed by atoms with Gasteiger partial charge >= 0.3 is 0 Å². The molecular formula is C26H24FNO5. The van der Waals surface area contributed by atoms with Crippen LogP contribution in [0.1, 0.15) is 36.8 Å². The number of Topliss-reactive ketones (excluding diaryl/α,β-unsaturated/α-hetero) is 1. The number of halogens is 1. The number of hydrogen-bond acceptors (Lipinski definition) is 5. The number of benzene rings is 2. The second-order valence-corrected chi connectivity index (χ2v) is 8.35. The average Bonchev–Trinajstić information content (AvgIpc) is 3.39. The molecule has 7 heteroatoms. The summed E-state index contributed by atoms with van der Waals surface area (Å²) in [4.78, 5) is 27.2. The molecule has 1 unspecified atom stereocenters. The molecular weight excluding hydrogens is 425 g/mol. The predicted molar refractivity (Wildman–Crippen MR) is 121 cm³/mol. The number of aryl methyl sites for hydroxylation is 1. The van der Waals surface area contributed by atoms with E-state index in [2.05, 4.69) is 0 Å². The van der Waals surface area contributed by atoms with Crippen molar-refractivity contribution in [2.24, 2.45) is 5.92 Å². The zero-order chi connectivity index (χ0) is 23.7. The summed E-state index contributed by atoms with van der Waals surface area (Å²) < 4.78 is 25.2. The zero-order valence-electron chi connectivity index (χ0n) is 18.5. The zero-order valence-corrected chi connectivity index (χ0v) is 18.5. The van der Waals surface area contributed by atoms with Gasteiger partial charge in [0.2, 0.25) is 0 Å². The number of rotatable bonds is 6. The monoisotopic (exact) mass is 449 g/mol. The Hall–Kier alpha value is -3.87. The van der Waals surface area contributed by atoms with E-state index in [-0.39, 0.29) is 22.8 Å². The SMILES string of the molecule is Cc1cc(/C(O)=C2/C(=O)C(=O)N(c3cccc(F)c3)C2c2ccco2)ccc1OCC(C)C. The van der Waals surface area contributed by atoms with Gasteiger partial charge in [0.25, 0.3) is 11.7 Å². The second kappa shape index (κ2) is 8.94. The molecule has 2 aromatic carbocycles. The van der Waals surface area contributed by atoms with Crippen LogP contribution in [0.3, 0.4) is 0 Å². The van der Waals surface area contributed by atoms with Crippen LogP contribution in [0.2, 0.25) is 0 Å². The smallest absolute Gasteiger partial charge is 0.300 e. The molecule has 1 amide bonds. The largest absolute Gasteiger partial charge is 0.507 e. The van der Waals surface area contributed by atoms with E-state index in [4.69, 9.17) is 9.15 Å². The van der Waals surface area contributed by atoms with Crippen LogP contribution in [-0.2, 0) is 9.59 Å². The molecule has 1 aliphatic rings. The maximum Gasteiger partial charge on any atom is 0.300 e. The van der Waals surface area contributed by atoms with Crippen LogP contribution in [0.4, 0.5) is 10.1 Å². The highest BCUT2D eigenvalue weighted by atomic mass is 19.1. The van der Waals surface area contributed by atoms with Crippen molar-refractivity contribution < 1.29 is 28.2 Å². The summed E-state index contributed by atoms with van der Waals surface area (Å²) in [6.07, 6.45) is 1.41. The minimum atomic E-state index is -1.04. The summed E-state index contributed by atoms with van der Waals surface area (Å²) in [5.74, 6) is -1.36. The van der Waals surface area contributed by atoms with Crippen LogP contribution in [0.25, 0.3) is 5.76 Å². The maximum absolute atomic E-state index is 13.9. The number of furan rings is 1. The van der Waals surface area contributed by atoms with E-state index in [0.717, 1.165) is 16.5 Å². The van der Waals surface area contributed by atoms with Crippen LogP contribution >= 0.6 is 0 Å². The molecule has 0 saturated carbocycles. The number of anilines is 1. The summed E-state index contributed by atoms with van der Waals surface area (Å²) in [5.41, 5.74) is 1.19. The molecule has 0 aliphatic carbocycles. The highest BCUT2D eigenvalue weighted by molar-refractivity contribution is 6.51. The Morgan fingerprint density at radius 2 is 1.94 bits per heavy atom. The summed E-state index contributed by atoms with van der Waals surface area (Å²) in [5, 5.41) is 11.2. The highest BCUT2D eigenvalue weighted by Crippen LogP contribution is 2.42. The van der Waals surface area contributed by atoms with Crippen molar-refractivity contribution in [3.8, 4) is 5.75 Å². The number of aliphatic hydroxyl groups excluding tert-OH is 1. The van der Waals surface area contributed by atoms with Crippen LogP contribution < -0.4 is 9.64 Å². The molecule has 4 rings (SSSR count). The molecule has 170 valence electrons. The van der Waals surface area contributed by atoms with Crippen LogP contribution in [0.15, 0.2) is 70.9 Å². The van der Waals surface area contributed by atoms with Crippen molar-refractivity contribution in [2.45, 2.75) is 26.8 Å². The lowest BCUT2D eigenvalue weighted by Crippen LogP contribution is -2.29. The third-order valence-electron chi connectivity index (χ3n) is 5.36. The number of aliphatic hydroxyl groups is 1. The van der Waals surface area contributed by atoms with E-state index >= 15 is 0 Å². The van der Waals surface area contributed by atoms with Crippen LogP contribution in [-0.4, -0.2) is 23.4 Å². The van der Waals surface area contributed by atoms with Crippen molar-refractivity contribution >= 4 is 23.1 Å². The molecule has 1 aliphatic heterocycles. The molecule has 3 aromatic rings. The Kier molecular flexibility index (Phi) is 6.05. The number of ketones is 1. The number of carbonyl (C=O) groups is 2. The molecule has 0 spiro atoms. The molecule has 0 radical (unpaired) electrons. The van der Waals surface area contributed by atoms with Gasteiger partial charge < -0.3 is 14.3 Å². The molecule has 1 fully saturated rings. The van der Waals surface area contributed by atoms with E-state index in [9.17, 15) is 19.1 Å². The van der Waals surface area contributed by atoms with Crippen molar-refractivity contribution in [3.05, 3.63) is 89.1 Å². The fourth-order valence-corrected chi connectivity index (χ4v) is 3.81. The Balaban J connectivity index is 1.81. The highest BCUT2D eigenvalue weighted by Gasteiger charge is 2.48. The van der Waals surface area contributed by atoms with Gasteiger partial charge in [-0.1, -0.05) is 19.9 Å². The van der Waals surface area contributed by atoms with Gasteiger partial charge in [0, 0.05) is 11.3 Å². The molecule has 6 nitrogen and oxygen atoms in total. The normalized spacial score (nSPS) is 17.7. The van der Waals surface area contributed by atoms with E-state index in [1.165, 1.54) is 24.5 Å². The minimum absolute atomic E-state index is 0.130. The lowest BCUT2D eigenvalue weighted by atomic mass is 9.98. The first-order valence-corrected chi connectivity index (χ1v) is 10.6. The number of amides is 1. The average molecular weight is 449 g/mol. The van der Waals surface area contributed by atoms with Crippen molar-refractivity contribution in [1.82, 2.24) is 0 Å². The topological polar surface area (TPSA) is 80.0 Å². The molecule has 1 saturated heterocycles. The quantitative estimate of drug-likeness (QED) is 0.310. The lowest BCUT2D eigenvalue weighted by molar-refractivity contribution is -0.132. The first-order chi connectivity index (χ1) is 15.8. The Morgan fingerprint density at radius 1 is 1.15 bits per heavy atom. The fourth-order valence-electron chi connectivity index (χ4n) is 3.81. The second-order valence-electron chi connectivity index (χ2n) is 8.35. The van der Waals surface area contributed by atoms with Crippen LogP contribution in [0, 0.1) is 18.7 Å². The number of hydrogen-bond donors (Lipinski definition) is 1. The van der Waals surface area contributed by atoms with Gasteiger partial charge in [-0.25, -0.2) is 4.39 Å². The first-order valence-electron chi connectivity index (χ1n) is 10.6. The van der Waals surface area contributed by atoms with E-state index in [0.29, 0.717) is 23.8 Å². The predicted octanol–water partition coefficient (Wildman–Crippen LogP) is 5.39. The van der Waals surface area contributed by atoms with E-state index < -0.39 is 23.5 Å². The Morgan fingerprint density at radius 3 is 2.58 bits per heavy atom. The molecule has 1 aromatic heterocycles. The van der Waals surface area contributed by atoms with Crippen molar-refractivity contribution in [3.63, 3.8) is 0 Å². The van der Waals surface area contributed by atoms with Crippen molar-refractivity contribution in [1.29, 1.82) is 0 Å². The number of carbonyl (C=O) groups excluding carboxylic acids is 2. The maximum atomic E-state index is 13.9. The third-order valence-corrected chi connectivity index (χ3v) is 5.36. The van der Waals surface area contributed by atoms with Gasteiger partial charge in [-0.2, -0.15) is 0 Å². The Bertz CT molecular complexity index is 1230. The molecule has 0 bridgehead atoms. The summed E-state index contributed by atoms with van der Waals surface area (Å²) in [6, 6.07) is 12.6. The number of ether oxygens (including phenoxy) is 1. The van der Waals surface area contributed by atoms with Gasteiger partial charge in [-0.15, -0.1) is 0 Å². The van der Waals surface area contributed by atoms with Gasteiger partial charge in [-0.3, -0.25) is 14.5 Å². The summed E-state index contributed by atoms with van der Waals surface area (Å²) in [6.45, 7) is 6.47. The Labute approximate surface area is 190 Å². The third kappa shape index (κ3) is 4.26. The first kappa shape index (κ1) is 22.3. The number of nitrogens with zero attached hydrogens (tertiary/aromatic N) is 1. The lowest BCUT2D eigenvalue weighted by Gasteiger charge is -2.23. The fraction of sp³-hybridized carbons (Fsp3) is 0.231. The van der Waals surface area contributed by atoms with E-state index in [1.54, 1.807) is 30.3 Å². The van der Waals surface area contributed by atoms with Gasteiger partial charge in [0.05, 0.1) is 18.4 Å². The summed E-state index contributed by atoms with van der Waals surface area (Å²) in [7, 11) is 0. The molecule has 2 heterocycles. The molecule has 1 N–H and O–H groups in total. The van der Waals surface area contributed by atoms with E-state index in [1.807, 2.05) is 20.8 Å². The molecule has 1 atom stereocenters. The minimum Gasteiger partial charge on any atom is -0.507 e. The van der Waals surface area contributed by atoms with Crippen molar-refractivity contribution in [2.75, 3.05) is 11.5 Å². The van der Waals surface area contributed by atoms with Gasteiger partial charge in [0.1, 0.15) is 29.1 Å². The molecule has 33 heavy (non-hydrogen) atoms. The standard InChI is InChI=1S/C26H24FNO5/c1-15(2)14-33-20-10-9-17(12-16(20)3)24(29)22-23(21-8-5-11-32-21)28(26(31)25(22)30)19-7-4-6-18(27)13-19/h4-13,15,23,29H,14H2,1-3H3/b24-22-. The van der Waals surface area contributed by atoms with Crippen LogP contribution in [0.5, 0.6) is 5.75 Å². The summed E-state index contributed by atoms with van der Waals surface area (Å²) >= 11 is 0. The van der Waals surface area contributed by atoms with Gasteiger partial charge in [-0.05, 0) is 66.9 Å². The van der Waals surface area contributed by atoms with Gasteiger partial charge in [0.15, 0.2) is 0 Å².